The quantitative estimate of drug-likeness (QED) is 0.661. The van der Waals surface area contributed by atoms with Gasteiger partial charge in [0.05, 0.1) is 0 Å². The molecule has 1 fully saturated rings. The predicted octanol–water partition coefficient (Wildman–Crippen LogP) is 5.72. The Morgan fingerprint density at radius 1 is 0.952 bits per heavy atom. The summed E-state index contributed by atoms with van der Waals surface area (Å²) >= 11 is 12.8. The molecule has 0 aliphatic heterocycles. The van der Waals surface area contributed by atoms with Crippen LogP contribution in [0.4, 0.5) is 0 Å². The van der Waals surface area contributed by atoms with Crippen molar-refractivity contribution >= 4 is 23.2 Å². The molecule has 0 bridgehead atoms. The standard InChI is InChI=1S/C17H18Cl2N2/c1-10-7-8-13(9-11(10)2)17-20-15(18)14(16(19)21-17)12-5-3-4-6-12/h7-9,12H,3-6H2,1-2H3. The van der Waals surface area contributed by atoms with E-state index in [0.29, 0.717) is 22.0 Å². The van der Waals surface area contributed by atoms with Gasteiger partial charge in [-0.2, -0.15) is 0 Å². The van der Waals surface area contributed by atoms with Gasteiger partial charge in [-0.1, -0.05) is 48.2 Å². The van der Waals surface area contributed by atoms with Crippen LogP contribution in [0.2, 0.25) is 10.3 Å². The highest BCUT2D eigenvalue weighted by molar-refractivity contribution is 6.34. The van der Waals surface area contributed by atoms with Gasteiger partial charge < -0.3 is 0 Å². The summed E-state index contributed by atoms with van der Waals surface area (Å²) in [6.45, 7) is 4.16. The van der Waals surface area contributed by atoms with E-state index in [4.69, 9.17) is 23.2 Å². The number of hydrogen-bond donors (Lipinski definition) is 0. The zero-order valence-electron chi connectivity index (χ0n) is 12.3. The molecular weight excluding hydrogens is 303 g/mol. The Balaban J connectivity index is 2.03. The largest absolute Gasteiger partial charge is 0.216 e. The van der Waals surface area contributed by atoms with Gasteiger partial charge in [0.1, 0.15) is 10.3 Å². The van der Waals surface area contributed by atoms with Gasteiger partial charge in [0, 0.05) is 11.1 Å². The van der Waals surface area contributed by atoms with Gasteiger partial charge in [-0.25, -0.2) is 9.97 Å². The maximum atomic E-state index is 6.40. The van der Waals surface area contributed by atoms with Gasteiger partial charge >= 0.3 is 0 Å². The van der Waals surface area contributed by atoms with Crippen LogP contribution in [0, 0.1) is 13.8 Å². The van der Waals surface area contributed by atoms with Gasteiger partial charge in [0.2, 0.25) is 0 Å². The van der Waals surface area contributed by atoms with Gasteiger partial charge in [-0.3, -0.25) is 0 Å². The van der Waals surface area contributed by atoms with Crippen molar-refractivity contribution in [3.63, 3.8) is 0 Å². The summed E-state index contributed by atoms with van der Waals surface area (Å²) in [7, 11) is 0. The Bertz CT molecular complexity index is 653. The molecule has 3 rings (SSSR count). The molecule has 0 N–H and O–H groups in total. The number of aryl methyl sites for hydroxylation is 2. The molecule has 0 spiro atoms. The Kier molecular flexibility index (Phi) is 4.19. The molecule has 0 radical (unpaired) electrons. The monoisotopic (exact) mass is 320 g/mol. The van der Waals surface area contributed by atoms with Crippen LogP contribution in [0.15, 0.2) is 18.2 Å². The van der Waals surface area contributed by atoms with Crippen molar-refractivity contribution < 1.29 is 0 Å². The van der Waals surface area contributed by atoms with Crippen LogP contribution < -0.4 is 0 Å². The lowest BCUT2D eigenvalue weighted by atomic mass is 10.0. The minimum atomic E-state index is 0.416. The molecule has 0 amide bonds. The third kappa shape index (κ3) is 2.93. The minimum Gasteiger partial charge on any atom is -0.216 e. The summed E-state index contributed by atoms with van der Waals surface area (Å²) in [5.41, 5.74) is 4.35. The molecule has 110 valence electrons. The Labute approximate surface area is 135 Å². The average Bonchev–Trinajstić information content (AvgIpc) is 2.95. The van der Waals surface area contributed by atoms with Crippen LogP contribution in [0.5, 0.6) is 0 Å². The Hall–Kier alpha value is -1.12. The molecule has 2 nitrogen and oxygen atoms in total. The van der Waals surface area contributed by atoms with E-state index in [1.165, 1.54) is 24.0 Å². The zero-order valence-corrected chi connectivity index (χ0v) is 13.8. The molecule has 4 heteroatoms. The van der Waals surface area contributed by atoms with Crippen LogP contribution >= 0.6 is 23.2 Å². The number of rotatable bonds is 2. The minimum absolute atomic E-state index is 0.416. The highest BCUT2D eigenvalue weighted by Gasteiger charge is 2.24. The smallest absolute Gasteiger partial charge is 0.162 e. The second-order valence-corrected chi connectivity index (χ2v) is 6.54. The summed E-state index contributed by atoms with van der Waals surface area (Å²) in [4.78, 5) is 8.98. The number of aromatic nitrogens is 2. The molecular formula is C17H18Cl2N2. The molecule has 1 heterocycles. The van der Waals surface area contributed by atoms with Crippen LogP contribution in [-0.2, 0) is 0 Å². The fourth-order valence-corrected chi connectivity index (χ4v) is 3.67. The second kappa shape index (κ2) is 5.94. The third-order valence-corrected chi connectivity index (χ3v) is 4.96. The van der Waals surface area contributed by atoms with E-state index in [1.807, 2.05) is 6.07 Å². The van der Waals surface area contributed by atoms with Crippen LogP contribution in [0.25, 0.3) is 11.4 Å². The van der Waals surface area contributed by atoms with Crippen molar-refractivity contribution in [2.75, 3.05) is 0 Å². The zero-order chi connectivity index (χ0) is 15.0. The van der Waals surface area contributed by atoms with E-state index in [-0.39, 0.29) is 0 Å². The van der Waals surface area contributed by atoms with Gasteiger partial charge in [-0.05, 0) is 49.8 Å². The molecule has 2 aromatic rings. The first-order valence-corrected chi connectivity index (χ1v) is 8.12. The summed E-state index contributed by atoms with van der Waals surface area (Å²) in [6.07, 6.45) is 4.73. The molecule has 1 aromatic carbocycles. The van der Waals surface area contributed by atoms with E-state index in [1.54, 1.807) is 0 Å². The van der Waals surface area contributed by atoms with E-state index in [9.17, 15) is 0 Å². The second-order valence-electron chi connectivity index (χ2n) is 5.82. The molecule has 1 aliphatic rings. The first-order valence-electron chi connectivity index (χ1n) is 7.37. The van der Waals surface area contributed by atoms with E-state index in [0.717, 1.165) is 24.0 Å². The summed E-state index contributed by atoms with van der Waals surface area (Å²) in [5.74, 6) is 1.02. The van der Waals surface area contributed by atoms with Crippen molar-refractivity contribution in [1.82, 2.24) is 9.97 Å². The first kappa shape index (κ1) is 14.8. The van der Waals surface area contributed by atoms with E-state index >= 15 is 0 Å². The third-order valence-electron chi connectivity index (χ3n) is 4.38. The first-order chi connectivity index (χ1) is 10.1. The lowest BCUT2D eigenvalue weighted by Crippen LogP contribution is -2.01. The average molecular weight is 321 g/mol. The molecule has 0 saturated heterocycles. The van der Waals surface area contributed by atoms with Crippen molar-refractivity contribution in [3.8, 4) is 11.4 Å². The number of benzene rings is 1. The Morgan fingerprint density at radius 3 is 2.14 bits per heavy atom. The van der Waals surface area contributed by atoms with Crippen LogP contribution in [0.3, 0.4) is 0 Å². The van der Waals surface area contributed by atoms with E-state index < -0.39 is 0 Å². The summed E-state index contributed by atoms with van der Waals surface area (Å²) in [6, 6.07) is 6.16. The normalized spacial score (nSPS) is 15.6. The molecule has 1 aliphatic carbocycles. The predicted molar refractivity (Wildman–Crippen MR) is 88.2 cm³/mol. The number of hydrogen-bond acceptors (Lipinski definition) is 2. The van der Waals surface area contributed by atoms with Crippen molar-refractivity contribution in [3.05, 3.63) is 45.2 Å². The highest BCUT2D eigenvalue weighted by atomic mass is 35.5. The SMILES string of the molecule is Cc1ccc(-c2nc(Cl)c(C3CCCC3)c(Cl)n2)cc1C. The number of nitrogens with zero attached hydrogens (tertiary/aromatic N) is 2. The van der Waals surface area contributed by atoms with Gasteiger partial charge in [0.15, 0.2) is 5.82 Å². The van der Waals surface area contributed by atoms with Crippen LogP contribution in [-0.4, -0.2) is 9.97 Å². The fourth-order valence-electron chi connectivity index (χ4n) is 2.98. The lowest BCUT2D eigenvalue weighted by Gasteiger charge is -2.14. The highest BCUT2D eigenvalue weighted by Crippen LogP contribution is 2.40. The van der Waals surface area contributed by atoms with Crippen molar-refractivity contribution in [1.29, 1.82) is 0 Å². The molecule has 1 saturated carbocycles. The summed E-state index contributed by atoms with van der Waals surface area (Å²) in [5, 5.41) is 1.02. The van der Waals surface area contributed by atoms with Crippen molar-refractivity contribution in [2.45, 2.75) is 45.4 Å². The maximum absolute atomic E-state index is 6.40. The number of halogens is 2. The molecule has 0 unspecified atom stereocenters. The van der Waals surface area contributed by atoms with Gasteiger partial charge in [0.25, 0.3) is 0 Å². The fraction of sp³-hybridized carbons (Fsp3) is 0.412. The maximum Gasteiger partial charge on any atom is 0.162 e. The topological polar surface area (TPSA) is 25.8 Å². The molecule has 21 heavy (non-hydrogen) atoms. The lowest BCUT2D eigenvalue weighted by molar-refractivity contribution is 0.715. The summed E-state index contributed by atoms with van der Waals surface area (Å²) < 4.78 is 0. The van der Waals surface area contributed by atoms with E-state index in [2.05, 4.69) is 35.9 Å². The molecule has 0 atom stereocenters. The van der Waals surface area contributed by atoms with Crippen molar-refractivity contribution in [2.24, 2.45) is 0 Å². The molecule has 1 aromatic heterocycles. The van der Waals surface area contributed by atoms with Gasteiger partial charge in [-0.15, -0.1) is 0 Å². The Morgan fingerprint density at radius 2 is 1.57 bits per heavy atom. The van der Waals surface area contributed by atoms with Crippen LogP contribution in [0.1, 0.15) is 48.3 Å².